The second-order valence-electron chi connectivity index (χ2n) is 5.43. The molecule has 2 aromatic rings. The molecule has 122 valence electrons. The van der Waals surface area contributed by atoms with Crippen LogP contribution in [0.5, 0.6) is 0 Å². The number of benzene rings is 2. The van der Waals surface area contributed by atoms with E-state index in [1.807, 2.05) is 54.2 Å². The molecule has 0 saturated carbocycles. The van der Waals surface area contributed by atoms with Gasteiger partial charge in [-0.2, -0.15) is 0 Å². The fourth-order valence-corrected chi connectivity index (χ4v) is 3.91. The molecular formula is C19H23NOS2. The number of amides is 1. The third kappa shape index (κ3) is 6.32. The van der Waals surface area contributed by atoms with Gasteiger partial charge in [0.15, 0.2) is 0 Å². The molecule has 2 nitrogen and oxygen atoms in total. The van der Waals surface area contributed by atoms with E-state index in [0.29, 0.717) is 11.8 Å². The Morgan fingerprint density at radius 2 is 1.74 bits per heavy atom. The van der Waals surface area contributed by atoms with Crippen molar-refractivity contribution in [2.24, 2.45) is 0 Å². The maximum Gasteiger partial charge on any atom is 0.252 e. The Labute approximate surface area is 147 Å². The summed E-state index contributed by atoms with van der Waals surface area (Å²) in [5.41, 5.74) is 0.780. The molecule has 0 saturated heterocycles. The average Bonchev–Trinajstić information content (AvgIpc) is 2.55. The van der Waals surface area contributed by atoms with E-state index in [2.05, 4.69) is 31.3 Å². The molecule has 2 aromatic carbocycles. The third-order valence-corrected chi connectivity index (χ3v) is 5.29. The number of carbonyl (C=O) groups excluding carboxylic acids is 1. The predicted octanol–water partition coefficient (Wildman–Crippen LogP) is 5.10. The molecule has 0 fully saturated rings. The van der Waals surface area contributed by atoms with Crippen molar-refractivity contribution in [3.05, 3.63) is 60.2 Å². The number of hydrogen-bond donors (Lipinski definition) is 1. The molecule has 23 heavy (non-hydrogen) atoms. The number of thioether (sulfide) groups is 2. The lowest BCUT2D eigenvalue weighted by Gasteiger charge is -2.11. The van der Waals surface area contributed by atoms with Crippen molar-refractivity contribution in [1.82, 2.24) is 5.32 Å². The van der Waals surface area contributed by atoms with Crippen LogP contribution in [0.1, 0.15) is 30.6 Å². The van der Waals surface area contributed by atoms with E-state index in [9.17, 15) is 4.79 Å². The smallest absolute Gasteiger partial charge is 0.252 e. The Morgan fingerprint density at radius 1 is 1.04 bits per heavy atom. The number of carbonyl (C=O) groups is 1. The molecule has 4 heteroatoms. The molecule has 0 atom stereocenters. The molecule has 0 aromatic heterocycles. The third-order valence-electron chi connectivity index (χ3n) is 3.11. The highest BCUT2D eigenvalue weighted by Gasteiger charge is 2.11. The van der Waals surface area contributed by atoms with E-state index in [1.165, 1.54) is 4.90 Å². The molecule has 0 aliphatic rings. The highest BCUT2D eigenvalue weighted by atomic mass is 32.2. The maximum absolute atomic E-state index is 12.3. The monoisotopic (exact) mass is 345 g/mol. The van der Waals surface area contributed by atoms with Crippen molar-refractivity contribution in [3.63, 3.8) is 0 Å². The summed E-state index contributed by atoms with van der Waals surface area (Å²) in [5, 5.41) is 3.50. The topological polar surface area (TPSA) is 29.1 Å². The van der Waals surface area contributed by atoms with Crippen LogP contribution in [0.4, 0.5) is 0 Å². The summed E-state index contributed by atoms with van der Waals surface area (Å²) in [6.45, 7) is 4.99. The first-order valence-electron chi connectivity index (χ1n) is 7.88. The van der Waals surface area contributed by atoms with E-state index in [1.54, 1.807) is 11.8 Å². The Bertz CT molecular complexity index is 614. The minimum absolute atomic E-state index is 0.0264. The van der Waals surface area contributed by atoms with Gasteiger partial charge in [-0.15, -0.1) is 23.5 Å². The normalized spacial score (nSPS) is 10.7. The first-order chi connectivity index (χ1) is 11.2. The van der Waals surface area contributed by atoms with E-state index in [0.717, 1.165) is 22.6 Å². The zero-order valence-electron chi connectivity index (χ0n) is 13.6. The van der Waals surface area contributed by atoms with Gasteiger partial charge in [0.2, 0.25) is 0 Å². The lowest BCUT2D eigenvalue weighted by molar-refractivity contribution is 0.0951. The summed E-state index contributed by atoms with van der Waals surface area (Å²) in [6.07, 6.45) is 0.963. The maximum atomic E-state index is 12.3. The summed E-state index contributed by atoms with van der Waals surface area (Å²) < 4.78 is 0. The van der Waals surface area contributed by atoms with Gasteiger partial charge in [0.05, 0.1) is 5.56 Å². The molecule has 0 radical (unpaired) electrons. The predicted molar refractivity (Wildman–Crippen MR) is 102 cm³/mol. The molecule has 0 aliphatic heterocycles. The van der Waals surface area contributed by atoms with Crippen LogP contribution in [0.3, 0.4) is 0 Å². The Kier molecular flexibility index (Phi) is 7.56. The van der Waals surface area contributed by atoms with Crippen LogP contribution in [0, 0.1) is 0 Å². The fourth-order valence-electron chi connectivity index (χ4n) is 2.09. The van der Waals surface area contributed by atoms with Crippen LogP contribution >= 0.6 is 23.5 Å². The summed E-state index contributed by atoms with van der Waals surface area (Å²) in [7, 11) is 0. The average molecular weight is 346 g/mol. The van der Waals surface area contributed by atoms with Gasteiger partial charge in [-0.25, -0.2) is 0 Å². The van der Waals surface area contributed by atoms with Crippen LogP contribution in [0.15, 0.2) is 64.4 Å². The van der Waals surface area contributed by atoms with Crippen molar-refractivity contribution in [2.75, 3.05) is 12.3 Å². The van der Waals surface area contributed by atoms with Crippen molar-refractivity contribution in [1.29, 1.82) is 0 Å². The van der Waals surface area contributed by atoms with Gasteiger partial charge in [0, 0.05) is 21.6 Å². The lowest BCUT2D eigenvalue weighted by atomic mass is 10.2. The van der Waals surface area contributed by atoms with Gasteiger partial charge in [-0.3, -0.25) is 4.79 Å². The summed E-state index contributed by atoms with van der Waals surface area (Å²) >= 11 is 3.55. The van der Waals surface area contributed by atoms with Crippen LogP contribution in [-0.2, 0) is 0 Å². The highest BCUT2D eigenvalue weighted by molar-refractivity contribution is 8.00. The zero-order chi connectivity index (χ0) is 16.5. The highest BCUT2D eigenvalue weighted by Crippen LogP contribution is 2.26. The van der Waals surface area contributed by atoms with E-state index < -0.39 is 0 Å². The molecule has 0 heterocycles. The quantitative estimate of drug-likeness (QED) is 0.533. The van der Waals surface area contributed by atoms with Crippen LogP contribution < -0.4 is 5.32 Å². The van der Waals surface area contributed by atoms with Crippen LogP contribution in [-0.4, -0.2) is 23.5 Å². The molecule has 0 bridgehead atoms. The molecule has 0 unspecified atom stereocenters. The van der Waals surface area contributed by atoms with Crippen molar-refractivity contribution >= 4 is 29.4 Å². The first kappa shape index (κ1) is 18.0. The molecule has 1 N–H and O–H groups in total. The minimum Gasteiger partial charge on any atom is -0.352 e. The number of nitrogens with one attached hydrogen (secondary N) is 1. The van der Waals surface area contributed by atoms with E-state index in [4.69, 9.17) is 0 Å². The molecule has 0 spiro atoms. The van der Waals surface area contributed by atoms with E-state index in [-0.39, 0.29) is 5.91 Å². The molecular weight excluding hydrogens is 322 g/mol. The summed E-state index contributed by atoms with van der Waals surface area (Å²) in [5.74, 6) is 1.03. The van der Waals surface area contributed by atoms with Crippen molar-refractivity contribution in [3.8, 4) is 0 Å². The van der Waals surface area contributed by atoms with E-state index >= 15 is 0 Å². The zero-order valence-corrected chi connectivity index (χ0v) is 15.3. The minimum atomic E-state index is 0.0264. The van der Waals surface area contributed by atoms with Gasteiger partial charge in [-0.1, -0.05) is 44.2 Å². The summed E-state index contributed by atoms with van der Waals surface area (Å²) in [4.78, 5) is 14.7. The largest absolute Gasteiger partial charge is 0.352 e. The van der Waals surface area contributed by atoms with Crippen molar-refractivity contribution < 1.29 is 4.79 Å². The Balaban J connectivity index is 1.77. The lowest BCUT2D eigenvalue weighted by Crippen LogP contribution is -2.25. The van der Waals surface area contributed by atoms with Gasteiger partial charge in [0.1, 0.15) is 0 Å². The Hall–Kier alpha value is -1.39. The van der Waals surface area contributed by atoms with Crippen molar-refractivity contribution in [2.45, 2.75) is 35.3 Å². The standard InChI is InChI=1S/C19H23NOS2/c1-15(2)23-18-12-7-6-11-17(18)19(21)20-13-8-14-22-16-9-4-3-5-10-16/h3-7,9-12,15H,8,13-14H2,1-2H3,(H,20,21). The first-order valence-corrected chi connectivity index (χ1v) is 9.75. The molecule has 1 amide bonds. The number of rotatable bonds is 8. The van der Waals surface area contributed by atoms with Gasteiger partial charge in [0.25, 0.3) is 5.91 Å². The van der Waals surface area contributed by atoms with Gasteiger partial charge in [-0.05, 0) is 36.4 Å². The SMILES string of the molecule is CC(C)Sc1ccccc1C(=O)NCCCSc1ccccc1. The summed E-state index contributed by atoms with van der Waals surface area (Å²) in [6, 6.07) is 18.2. The van der Waals surface area contributed by atoms with Gasteiger partial charge < -0.3 is 5.32 Å². The van der Waals surface area contributed by atoms with Gasteiger partial charge >= 0.3 is 0 Å². The van der Waals surface area contributed by atoms with Crippen LogP contribution in [0.2, 0.25) is 0 Å². The fraction of sp³-hybridized carbons (Fsp3) is 0.316. The molecule has 0 aliphatic carbocycles. The second-order valence-corrected chi connectivity index (χ2v) is 8.22. The number of hydrogen-bond acceptors (Lipinski definition) is 3. The Morgan fingerprint density at radius 3 is 2.48 bits per heavy atom. The van der Waals surface area contributed by atoms with Crippen LogP contribution in [0.25, 0.3) is 0 Å². The molecule has 2 rings (SSSR count). The second kappa shape index (κ2) is 9.68.